The number of hydrogen-bond acceptors (Lipinski definition) is 3. The predicted molar refractivity (Wildman–Crippen MR) is 90.3 cm³/mol. The normalized spacial score (nSPS) is 11.6. The fourth-order valence-electron chi connectivity index (χ4n) is 2.34. The second-order valence-electron chi connectivity index (χ2n) is 5.62. The monoisotopic (exact) mass is 312 g/mol. The summed E-state index contributed by atoms with van der Waals surface area (Å²) in [6, 6.07) is 16.5. The first-order valence-electron chi connectivity index (χ1n) is 7.65. The molecule has 0 saturated heterocycles. The van der Waals surface area contributed by atoms with Gasteiger partial charge in [-0.2, -0.15) is 5.26 Å². The standard InChI is InChI=1S/C19H21FN2O/c1-22(2)18-10-8-15(9-11-18)16(14-21)5-4-12-23-19-7-3-6-17(20)13-19/h3,6-11,13,16H,4-5,12H2,1-2H3. The Morgan fingerprint density at radius 3 is 2.52 bits per heavy atom. The van der Waals surface area contributed by atoms with Crippen LogP contribution in [0.4, 0.5) is 10.1 Å². The SMILES string of the molecule is CN(C)c1ccc(C(C#N)CCCOc2cccc(F)c2)cc1. The zero-order chi connectivity index (χ0) is 16.7. The number of rotatable bonds is 7. The minimum atomic E-state index is -0.307. The van der Waals surface area contributed by atoms with Gasteiger partial charge in [0.15, 0.2) is 0 Å². The van der Waals surface area contributed by atoms with Gasteiger partial charge >= 0.3 is 0 Å². The molecule has 0 saturated carbocycles. The zero-order valence-electron chi connectivity index (χ0n) is 13.5. The lowest BCUT2D eigenvalue weighted by atomic mass is 9.95. The highest BCUT2D eigenvalue weighted by Gasteiger charge is 2.10. The van der Waals surface area contributed by atoms with Crippen molar-refractivity contribution in [2.24, 2.45) is 0 Å². The molecule has 23 heavy (non-hydrogen) atoms. The maximum atomic E-state index is 13.0. The van der Waals surface area contributed by atoms with Gasteiger partial charge in [0.25, 0.3) is 0 Å². The summed E-state index contributed by atoms with van der Waals surface area (Å²) in [5.41, 5.74) is 2.13. The van der Waals surface area contributed by atoms with Crippen LogP contribution in [-0.4, -0.2) is 20.7 Å². The number of anilines is 1. The minimum absolute atomic E-state index is 0.151. The van der Waals surface area contributed by atoms with Crippen molar-refractivity contribution in [1.29, 1.82) is 5.26 Å². The Bertz CT molecular complexity index is 662. The molecule has 0 spiro atoms. The third-order valence-corrected chi connectivity index (χ3v) is 3.67. The minimum Gasteiger partial charge on any atom is -0.493 e. The van der Waals surface area contributed by atoms with Crippen molar-refractivity contribution in [3.05, 3.63) is 59.9 Å². The van der Waals surface area contributed by atoms with E-state index in [1.54, 1.807) is 12.1 Å². The molecule has 0 aliphatic heterocycles. The average molecular weight is 312 g/mol. The van der Waals surface area contributed by atoms with Crippen LogP contribution in [0.15, 0.2) is 48.5 Å². The van der Waals surface area contributed by atoms with Crippen LogP contribution < -0.4 is 9.64 Å². The summed E-state index contributed by atoms with van der Waals surface area (Å²) in [5, 5.41) is 9.36. The number of nitrogens with zero attached hydrogens (tertiary/aromatic N) is 2. The van der Waals surface area contributed by atoms with Crippen LogP contribution in [0.25, 0.3) is 0 Å². The molecule has 2 aromatic carbocycles. The first-order valence-corrected chi connectivity index (χ1v) is 7.65. The largest absolute Gasteiger partial charge is 0.493 e. The van der Waals surface area contributed by atoms with Gasteiger partial charge in [0.2, 0.25) is 0 Å². The Morgan fingerprint density at radius 2 is 1.91 bits per heavy atom. The Labute approximate surface area is 136 Å². The third kappa shape index (κ3) is 5.00. The van der Waals surface area contributed by atoms with Crippen molar-refractivity contribution < 1.29 is 9.13 Å². The fraction of sp³-hybridized carbons (Fsp3) is 0.316. The summed E-state index contributed by atoms with van der Waals surface area (Å²) >= 11 is 0. The van der Waals surface area contributed by atoms with E-state index in [-0.39, 0.29) is 11.7 Å². The van der Waals surface area contributed by atoms with Gasteiger partial charge in [0.05, 0.1) is 18.6 Å². The second kappa shape index (κ2) is 8.19. The molecule has 0 fully saturated rings. The summed E-state index contributed by atoms with van der Waals surface area (Å²) in [5.74, 6) is 0.0644. The van der Waals surface area contributed by atoms with Crippen molar-refractivity contribution in [1.82, 2.24) is 0 Å². The maximum Gasteiger partial charge on any atom is 0.126 e. The van der Waals surface area contributed by atoms with Gasteiger partial charge in [-0.05, 0) is 42.7 Å². The lowest BCUT2D eigenvalue weighted by Gasteiger charge is -2.14. The molecule has 120 valence electrons. The van der Waals surface area contributed by atoms with Crippen LogP contribution in [0.2, 0.25) is 0 Å². The topological polar surface area (TPSA) is 36.3 Å². The van der Waals surface area contributed by atoms with E-state index >= 15 is 0 Å². The van der Waals surface area contributed by atoms with E-state index in [2.05, 4.69) is 6.07 Å². The summed E-state index contributed by atoms with van der Waals surface area (Å²) in [4.78, 5) is 2.03. The molecule has 0 bridgehead atoms. The van der Waals surface area contributed by atoms with Gasteiger partial charge in [-0.1, -0.05) is 18.2 Å². The van der Waals surface area contributed by atoms with E-state index in [4.69, 9.17) is 4.74 Å². The lowest BCUT2D eigenvalue weighted by Crippen LogP contribution is -2.08. The number of benzene rings is 2. The Morgan fingerprint density at radius 1 is 1.17 bits per heavy atom. The Kier molecular flexibility index (Phi) is 5.99. The van der Waals surface area contributed by atoms with E-state index in [0.717, 1.165) is 17.7 Å². The van der Waals surface area contributed by atoms with E-state index in [1.807, 2.05) is 43.3 Å². The molecule has 1 atom stereocenters. The quantitative estimate of drug-likeness (QED) is 0.713. The highest BCUT2D eigenvalue weighted by Crippen LogP contribution is 2.23. The van der Waals surface area contributed by atoms with Gasteiger partial charge in [-0.3, -0.25) is 0 Å². The summed E-state index contributed by atoms with van der Waals surface area (Å²) in [6.07, 6.45) is 1.46. The maximum absolute atomic E-state index is 13.0. The third-order valence-electron chi connectivity index (χ3n) is 3.67. The predicted octanol–water partition coefficient (Wildman–Crippen LogP) is 4.36. The van der Waals surface area contributed by atoms with Gasteiger partial charge < -0.3 is 9.64 Å². The van der Waals surface area contributed by atoms with Crippen LogP contribution >= 0.6 is 0 Å². The molecule has 0 heterocycles. The van der Waals surface area contributed by atoms with Crippen LogP contribution in [0.1, 0.15) is 24.3 Å². The van der Waals surface area contributed by atoms with E-state index in [9.17, 15) is 9.65 Å². The summed E-state index contributed by atoms with van der Waals surface area (Å²) in [6.45, 7) is 0.470. The number of hydrogen-bond donors (Lipinski definition) is 0. The lowest BCUT2D eigenvalue weighted by molar-refractivity contribution is 0.303. The molecule has 0 aliphatic carbocycles. The molecule has 2 rings (SSSR count). The smallest absolute Gasteiger partial charge is 0.126 e. The van der Waals surface area contributed by atoms with Crippen LogP contribution in [0, 0.1) is 17.1 Å². The van der Waals surface area contributed by atoms with E-state index in [1.165, 1.54) is 12.1 Å². The highest BCUT2D eigenvalue weighted by molar-refractivity contribution is 5.47. The molecule has 0 aromatic heterocycles. The number of halogens is 1. The van der Waals surface area contributed by atoms with Gasteiger partial charge in [0, 0.05) is 25.8 Å². The van der Waals surface area contributed by atoms with Crippen LogP contribution in [0.3, 0.4) is 0 Å². The number of nitriles is 1. The van der Waals surface area contributed by atoms with Crippen LogP contribution in [0.5, 0.6) is 5.75 Å². The molecule has 3 nitrogen and oxygen atoms in total. The number of ether oxygens (including phenoxy) is 1. The van der Waals surface area contributed by atoms with Gasteiger partial charge in [-0.15, -0.1) is 0 Å². The molecule has 0 N–H and O–H groups in total. The van der Waals surface area contributed by atoms with Gasteiger partial charge in [0.1, 0.15) is 11.6 Å². The van der Waals surface area contributed by atoms with Crippen LogP contribution in [-0.2, 0) is 0 Å². The molecule has 4 heteroatoms. The van der Waals surface area contributed by atoms with Crippen molar-refractivity contribution in [2.45, 2.75) is 18.8 Å². The Balaban J connectivity index is 1.84. The van der Waals surface area contributed by atoms with Crippen molar-refractivity contribution >= 4 is 5.69 Å². The highest BCUT2D eigenvalue weighted by atomic mass is 19.1. The van der Waals surface area contributed by atoms with Crippen molar-refractivity contribution in [3.8, 4) is 11.8 Å². The molecule has 0 radical (unpaired) electrons. The zero-order valence-corrected chi connectivity index (χ0v) is 13.5. The fourth-order valence-corrected chi connectivity index (χ4v) is 2.34. The summed E-state index contributed by atoms with van der Waals surface area (Å²) in [7, 11) is 3.97. The van der Waals surface area contributed by atoms with Crippen molar-refractivity contribution in [2.75, 3.05) is 25.6 Å². The van der Waals surface area contributed by atoms with E-state index in [0.29, 0.717) is 18.8 Å². The average Bonchev–Trinajstić information content (AvgIpc) is 2.55. The summed E-state index contributed by atoms with van der Waals surface area (Å²) < 4.78 is 18.6. The first-order chi connectivity index (χ1) is 11.1. The first kappa shape index (κ1) is 16.8. The molecule has 0 aliphatic rings. The second-order valence-corrected chi connectivity index (χ2v) is 5.62. The molecule has 2 aromatic rings. The Hall–Kier alpha value is -2.54. The molecular weight excluding hydrogens is 291 g/mol. The molecular formula is C19H21FN2O. The van der Waals surface area contributed by atoms with E-state index < -0.39 is 0 Å². The molecule has 1 unspecified atom stereocenters. The van der Waals surface area contributed by atoms with Gasteiger partial charge in [-0.25, -0.2) is 4.39 Å². The molecule has 0 amide bonds. The van der Waals surface area contributed by atoms with Crippen molar-refractivity contribution in [3.63, 3.8) is 0 Å².